The summed E-state index contributed by atoms with van der Waals surface area (Å²) < 4.78 is 0. The Morgan fingerprint density at radius 3 is 3.04 bits per heavy atom. The number of anilines is 1. The molecule has 1 atom stereocenters. The fraction of sp³-hybridized carbons (Fsp3) is 0.474. The summed E-state index contributed by atoms with van der Waals surface area (Å²) in [5.41, 5.74) is 2.95. The zero-order valence-electron chi connectivity index (χ0n) is 14.0. The van der Waals surface area contributed by atoms with Crippen LogP contribution in [-0.4, -0.2) is 34.9 Å². The van der Waals surface area contributed by atoms with Crippen LogP contribution < -0.4 is 5.32 Å². The van der Waals surface area contributed by atoms with Gasteiger partial charge in [-0.1, -0.05) is 19.4 Å². The molecular weight excluding hydrogens is 286 g/mol. The van der Waals surface area contributed by atoms with E-state index >= 15 is 0 Å². The van der Waals surface area contributed by atoms with E-state index in [-0.39, 0.29) is 11.9 Å². The SMILES string of the molecule is CCCN1CCCCC1C(=O)Nc1ccc(C)c2ncccc12. The molecule has 23 heavy (non-hydrogen) atoms. The highest BCUT2D eigenvalue weighted by atomic mass is 16.2. The molecule has 0 radical (unpaired) electrons. The Balaban J connectivity index is 1.84. The molecule has 2 heterocycles. The number of carbonyl (C=O) groups excluding carboxylic acids is 1. The minimum Gasteiger partial charge on any atom is -0.324 e. The lowest BCUT2D eigenvalue weighted by Crippen LogP contribution is -2.47. The lowest BCUT2D eigenvalue weighted by Gasteiger charge is -2.34. The van der Waals surface area contributed by atoms with Crippen LogP contribution in [-0.2, 0) is 4.79 Å². The summed E-state index contributed by atoms with van der Waals surface area (Å²) in [5.74, 6) is 0.118. The number of fused-ring (bicyclic) bond motifs is 1. The number of rotatable bonds is 4. The van der Waals surface area contributed by atoms with Gasteiger partial charge in [0.2, 0.25) is 5.91 Å². The molecule has 1 aromatic carbocycles. The second kappa shape index (κ2) is 7.09. The average Bonchev–Trinajstić information content (AvgIpc) is 2.58. The number of likely N-dealkylation sites (tertiary alicyclic amines) is 1. The van der Waals surface area contributed by atoms with Crippen LogP contribution in [0.25, 0.3) is 10.9 Å². The highest BCUT2D eigenvalue weighted by Gasteiger charge is 2.28. The first kappa shape index (κ1) is 15.9. The van der Waals surface area contributed by atoms with Gasteiger partial charge in [0.1, 0.15) is 0 Å². The number of piperidine rings is 1. The largest absolute Gasteiger partial charge is 0.324 e. The van der Waals surface area contributed by atoms with Crippen molar-refractivity contribution in [3.63, 3.8) is 0 Å². The van der Waals surface area contributed by atoms with Gasteiger partial charge in [0.05, 0.1) is 17.2 Å². The van der Waals surface area contributed by atoms with Crippen molar-refractivity contribution in [1.82, 2.24) is 9.88 Å². The number of carbonyl (C=O) groups is 1. The number of amides is 1. The Morgan fingerprint density at radius 2 is 2.22 bits per heavy atom. The van der Waals surface area contributed by atoms with Crippen molar-refractivity contribution in [2.24, 2.45) is 0 Å². The maximum absolute atomic E-state index is 12.8. The standard InChI is InChI=1S/C19H25N3O/c1-3-12-22-13-5-4-8-17(22)19(23)21-16-10-9-14(2)18-15(16)7-6-11-20-18/h6-7,9-11,17H,3-5,8,12-13H2,1-2H3,(H,21,23). The van der Waals surface area contributed by atoms with Gasteiger partial charge in [-0.3, -0.25) is 14.7 Å². The van der Waals surface area contributed by atoms with Crippen LogP contribution in [0.2, 0.25) is 0 Å². The van der Waals surface area contributed by atoms with Crippen molar-refractivity contribution in [3.05, 3.63) is 36.0 Å². The van der Waals surface area contributed by atoms with E-state index in [4.69, 9.17) is 0 Å². The van der Waals surface area contributed by atoms with Gasteiger partial charge in [-0.05, 0) is 63.0 Å². The van der Waals surface area contributed by atoms with Gasteiger partial charge in [-0.15, -0.1) is 0 Å². The van der Waals surface area contributed by atoms with Gasteiger partial charge in [0, 0.05) is 11.6 Å². The summed E-state index contributed by atoms with van der Waals surface area (Å²) >= 11 is 0. The highest BCUT2D eigenvalue weighted by molar-refractivity contribution is 6.03. The van der Waals surface area contributed by atoms with Crippen molar-refractivity contribution in [2.75, 3.05) is 18.4 Å². The summed E-state index contributed by atoms with van der Waals surface area (Å²) in [6.07, 6.45) is 6.16. The first-order chi connectivity index (χ1) is 11.2. The number of benzene rings is 1. The number of nitrogens with zero attached hydrogens (tertiary/aromatic N) is 2. The van der Waals surface area contributed by atoms with Crippen molar-refractivity contribution in [1.29, 1.82) is 0 Å². The quantitative estimate of drug-likeness (QED) is 0.935. The van der Waals surface area contributed by atoms with E-state index in [1.54, 1.807) is 6.20 Å². The normalized spacial score (nSPS) is 19.0. The Morgan fingerprint density at radius 1 is 1.35 bits per heavy atom. The Kier molecular flexibility index (Phi) is 4.91. The number of aromatic nitrogens is 1. The highest BCUT2D eigenvalue weighted by Crippen LogP contribution is 2.26. The lowest BCUT2D eigenvalue weighted by atomic mass is 10.0. The summed E-state index contributed by atoms with van der Waals surface area (Å²) in [5, 5.41) is 4.16. The van der Waals surface area contributed by atoms with Crippen LogP contribution in [0.1, 0.15) is 38.2 Å². The lowest BCUT2D eigenvalue weighted by molar-refractivity contribution is -0.122. The number of nitrogens with one attached hydrogen (secondary N) is 1. The van der Waals surface area contributed by atoms with Gasteiger partial charge in [-0.25, -0.2) is 0 Å². The second-order valence-corrected chi connectivity index (χ2v) is 6.37. The molecule has 4 heteroatoms. The van der Waals surface area contributed by atoms with Crippen molar-refractivity contribution < 1.29 is 4.79 Å². The summed E-state index contributed by atoms with van der Waals surface area (Å²) in [7, 11) is 0. The third kappa shape index (κ3) is 3.37. The first-order valence-corrected chi connectivity index (χ1v) is 8.60. The zero-order valence-corrected chi connectivity index (χ0v) is 14.0. The maximum Gasteiger partial charge on any atom is 0.241 e. The summed E-state index contributed by atoms with van der Waals surface area (Å²) in [4.78, 5) is 19.6. The molecule has 1 saturated heterocycles. The number of hydrogen-bond acceptors (Lipinski definition) is 3. The summed E-state index contributed by atoms with van der Waals surface area (Å²) in [6.45, 7) is 6.24. The van der Waals surface area contributed by atoms with Gasteiger partial charge in [0.15, 0.2) is 0 Å². The van der Waals surface area contributed by atoms with Gasteiger partial charge < -0.3 is 5.32 Å². The van der Waals surface area contributed by atoms with Crippen molar-refractivity contribution in [3.8, 4) is 0 Å². The minimum atomic E-state index is -0.00303. The fourth-order valence-corrected chi connectivity index (χ4v) is 3.48. The topological polar surface area (TPSA) is 45.2 Å². The van der Waals surface area contributed by atoms with Gasteiger partial charge in [-0.2, -0.15) is 0 Å². The predicted molar refractivity (Wildman–Crippen MR) is 94.6 cm³/mol. The molecule has 2 aromatic rings. The van der Waals surface area contributed by atoms with E-state index < -0.39 is 0 Å². The monoisotopic (exact) mass is 311 g/mol. The first-order valence-electron chi connectivity index (χ1n) is 8.60. The average molecular weight is 311 g/mol. The number of aryl methyl sites for hydroxylation is 1. The minimum absolute atomic E-state index is 0.00303. The van der Waals surface area contributed by atoms with Gasteiger partial charge in [0.25, 0.3) is 0 Å². The summed E-state index contributed by atoms with van der Waals surface area (Å²) in [6, 6.07) is 7.95. The van der Waals surface area contributed by atoms with E-state index in [2.05, 4.69) is 22.1 Å². The Labute approximate surface area is 137 Å². The van der Waals surface area contributed by atoms with Crippen LogP contribution in [0.3, 0.4) is 0 Å². The van der Waals surface area contributed by atoms with E-state index in [1.807, 2.05) is 31.2 Å². The Bertz CT molecular complexity index is 696. The van der Waals surface area contributed by atoms with E-state index in [9.17, 15) is 4.79 Å². The van der Waals surface area contributed by atoms with Crippen LogP contribution >= 0.6 is 0 Å². The fourth-order valence-electron chi connectivity index (χ4n) is 3.48. The molecular formula is C19H25N3O. The number of pyridine rings is 1. The molecule has 1 fully saturated rings. The van der Waals surface area contributed by atoms with E-state index in [0.717, 1.165) is 54.5 Å². The molecule has 0 bridgehead atoms. The molecule has 1 unspecified atom stereocenters. The van der Waals surface area contributed by atoms with Crippen LogP contribution in [0.4, 0.5) is 5.69 Å². The molecule has 1 aromatic heterocycles. The van der Waals surface area contributed by atoms with Gasteiger partial charge >= 0.3 is 0 Å². The molecule has 3 rings (SSSR count). The molecule has 1 aliphatic heterocycles. The number of hydrogen-bond donors (Lipinski definition) is 1. The third-order valence-electron chi connectivity index (χ3n) is 4.66. The molecule has 1 amide bonds. The second-order valence-electron chi connectivity index (χ2n) is 6.37. The zero-order chi connectivity index (χ0) is 16.2. The molecule has 122 valence electrons. The molecule has 0 aliphatic carbocycles. The predicted octanol–water partition coefficient (Wildman–Crippen LogP) is 3.75. The van der Waals surface area contributed by atoms with Crippen LogP contribution in [0.5, 0.6) is 0 Å². The molecule has 0 saturated carbocycles. The van der Waals surface area contributed by atoms with Crippen LogP contribution in [0, 0.1) is 6.92 Å². The van der Waals surface area contributed by atoms with E-state index in [0.29, 0.717) is 0 Å². The van der Waals surface area contributed by atoms with E-state index in [1.165, 1.54) is 6.42 Å². The van der Waals surface area contributed by atoms with Crippen molar-refractivity contribution >= 4 is 22.5 Å². The maximum atomic E-state index is 12.8. The van der Waals surface area contributed by atoms with Crippen LogP contribution in [0.15, 0.2) is 30.5 Å². The molecule has 0 spiro atoms. The third-order valence-corrected chi connectivity index (χ3v) is 4.66. The van der Waals surface area contributed by atoms with Crippen molar-refractivity contribution in [2.45, 2.75) is 45.6 Å². The molecule has 4 nitrogen and oxygen atoms in total. The Hall–Kier alpha value is -1.94. The smallest absolute Gasteiger partial charge is 0.241 e. The molecule has 1 N–H and O–H groups in total. The molecule has 1 aliphatic rings.